The number of ether oxygens (including phenoxy) is 1. The average molecular weight is 170 g/mol. The Bertz CT molecular complexity index is 242. The lowest BCUT2D eigenvalue weighted by Crippen LogP contribution is -1.99. The Morgan fingerprint density at radius 1 is 1.67 bits per heavy atom. The molecule has 0 saturated carbocycles. The van der Waals surface area contributed by atoms with Gasteiger partial charge in [-0.2, -0.15) is 0 Å². The molecule has 0 aromatic carbocycles. The van der Waals surface area contributed by atoms with Crippen LogP contribution < -0.4 is 10.1 Å². The maximum Gasteiger partial charge on any atom is 0.129 e. The molecular weight excluding hydrogens is 159 g/mol. The van der Waals surface area contributed by atoms with Gasteiger partial charge in [0.2, 0.25) is 0 Å². The number of hydrogen-bond acceptors (Lipinski definition) is 3. The first kappa shape index (κ1) is 8.77. The van der Waals surface area contributed by atoms with Gasteiger partial charge >= 0.3 is 0 Å². The molecule has 0 spiro atoms. The maximum absolute atomic E-state index is 11.7. The summed E-state index contributed by atoms with van der Waals surface area (Å²) in [5.74, 6) is 1.35. The molecule has 1 aromatic heterocycles. The van der Waals surface area contributed by atoms with E-state index in [4.69, 9.17) is 4.74 Å². The van der Waals surface area contributed by atoms with Crippen molar-refractivity contribution in [2.24, 2.45) is 0 Å². The summed E-state index contributed by atoms with van der Waals surface area (Å²) in [6.07, 6.45) is 1.61. The third kappa shape index (κ3) is 2.38. The lowest BCUT2D eigenvalue weighted by molar-refractivity contribution is 0.273. The molecule has 12 heavy (non-hydrogen) atoms. The highest BCUT2D eigenvalue weighted by Gasteiger charge is 1.94. The summed E-state index contributed by atoms with van der Waals surface area (Å²) >= 11 is 0. The lowest BCUT2D eigenvalue weighted by Gasteiger charge is -2.04. The van der Waals surface area contributed by atoms with E-state index < -0.39 is 6.67 Å². The third-order valence-corrected chi connectivity index (χ3v) is 1.33. The highest BCUT2D eigenvalue weighted by atomic mass is 19.1. The van der Waals surface area contributed by atoms with Gasteiger partial charge in [0.15, 0.2) is 0 Å². The largest absolute Gasteiger partial charge is 0.491 e. The molecule has 1 aromatic rings. The number of pyridine rings is 1. The van der Waals surface area contributed by atoms with Crippen LogP contribution in [-0.2, 0) is 0 Å². The Kier molecular flexibility index (Phi) is 3.32. The van der Waals surface area contributed by atoms with E-state index in [0.29, 0.717) is 11.6 Å². The molecule has 0 radical (unpaired) electrons. The molecule has 0 saturated heterocycles. The monoisotopic (exact) mass is 170 g/mol. The average Bonchev–Trinajstić information content (AvgIpc) is 2.15. The fraction of sp³-hybridized carbons (Fsp3) is 0.375. The minimum absolute atomic E-state index is 0.0904. The SMILES string of the molecule is CNc1cc(OCCF)ccn1. The van der Waals surface area contributed by atoms with E-state index in [1.807, 2.05) is 0 Å². The molecule has 1 N–H and O–H groups in total. The predicted octanol–water partition coefficient (Wildman–Crippen LogP) is 1.47. The van der Waals surface area contributed by atoms with Gasteiger partial charge in [-0.1, -0.05) is 0 Å². The summed E-state index contributed by atoms with van der Waals surface area (Å²) in [5.41, 5.74) is 0. The summed E-state index contributed by atoms with van der Waals surface area (Å²) in [4.78, 5) is 3.98. The molecule has 0 aliphatic carbocycles. The van der Waals surface area contributed by atoms with Crippen LogP contribution in [0.3, 0.4) is 0 Å². The minimum atomic E-state index is -0.475. The number of alkyl halides is 1. The van der Waals surface area contributed by atoms with E-state index in [9.17, 15) is 4.39 Å². The Labute approximate surface area is 70.6 Å². The van der Waals surface area contributed by atoms with Crippen LogP contribution in [0.4, 0.5) is 10.2 Å². The molecule has 1 heterocycles. The Hall–Kier alpha value is -1.32. The standard InChI is InChI=1S/C8H11FN2O/c1-10-8-6-7(2-4-11-8)12-5-3-9/h2,4,6H,3,5H2,1H3,(H,10,11). The third-order valence-electron chi connectivity index (χ3n) is 1.33. The molecule has 0 amide bonds. The van der Waals surface area contributed by atoms with Gasteiger partial charge < -0.3 is 10.1 Å². The van der Waals surface area contributed by atoms with Crippen molar-refractivity contribution in [3.05, 3.63) is 18.3 Å². The number of anilines is 1. The lowest BCUT2D eigenvalue weighted by atomic mass is 10.4. The van der Waals surface area contributed by atoms with Gasteiger partial charge in [0, 0.05) is 19.3 Å². The molecule has 0 fully saturated rings. The highest BCUT2D eigenvalue weighted by Crippen LogP contribution is 2.13. The van der Waals surface area contributed by atoms with Crippen LogP contribution in [0.1, 0.15) is 0 Å². The number of rotatable bonds is 4. The van der Waals surface area contributed by atoms with Crippen molar-refractivity contribution >= 4 is 5.82 Å². The van der Waals surface area contributed by atoms with Crippen molar-refractivity contribution in [1.82, 2.24) is 4.98 Å². The quantitative estimate of drug-likeness (QED) is 0.743. The zero-order chi connectivity index (χ0) is 8.81. The second-order valence-electron chi connectivity index (χ2n) is 2.16. The Morgan fingerprint density at radius 2 is 2.50 bits per heavy atom. The second kappa shape index (κ2) is 4.54. The van der Waals surface area contributed by atoms with Crippen molar-refractivity contribution in [2.45, 2.75) is 0 Å². The first-order chi connectivity index (χ1) is 5.86. The smallest absolute Gasteiger partial charge is 0.129 e. The van der Waals surface area contributed by atoms with E-state index in [1.165, 1.54) is 0 Å². The van der Waals surface area contributed by atoms with Crippen molar-refractivity contribution in [2.75, 3.05) is 25.6 Å². The molecule has 3 nitrogen and oxygen atoms in total. The summed E-state index contributed by atoms with van der Waals surface area (Å²) < 4.78 is 16.7. The molecular formula is C8H11FN2O. The first-order valence-corrected chi connectivity index (χ1v) is 3.69. The Morgan fingerprint density at radius 3 is 3.17 bits per heavy atom. The van der Waals surface area contributed by atoms with Crippen molar-refractivity contribution in [1.29, 1.82) is 0 Å². The zero-order valence-electron chi connectivity index (χ0n) is 6.88. The van der Waals surface area contributed by atoms with Crippen LogP contribution in [0.5, 0.6) is 5.75 Å². The van der Waals surface area contributed by atoms with Crippen molar-refractivity contribution in [3.8, 4) is 5.75 Å². The molecule has 1 rings (SSSR count). The highest BCUT2D eigenvalue weighted by molar-refractivity contribution is 5.39. The maximum atomic E-state index is 11.7. The predicted molar refractivity (Wildman–Crippen MR) is 45.3 cm³/mol. The van der Waals surface area contributed by atoms with Crippen molar-refractivity contribution in [3.63, 3.8) is 0 Å². The molecule has 0 bridgehead atoms. The van der Waals surface area contributed by atoms with Gasteiger partial charge in [0.1, 0.15) is 24.8 Å². The van der Waals surface area contributed by atoms with Crippen LogP contribution in [0.2, 0.25) is 0 Å². The minimum Gasteiger partial charge on any atom is -0.491 e. The van der Waals surface area contributed by atoms with Crippen LogP contribution in [0, 0.1) is 0 Å². The van der Waals surface area contributed by atoms with E-state index in [1.54, 1.807) is 25.4 Å². The van der Waals surface area contributed by atoms with Crippen LogP contribution in [0.25, 0.3) is 0 Å². The number of nitrogens with zero attached hydrogens (tertiary/aromatic N) is 1. The number of nitrogens with one attached hydrogen (secondary N) is 1. The van der Waals surface area contributed by atoms with Crippen LogP contribution in [0.15, 0.2) is 18.3 Å². The summed E-state index contributed by atoms with van der Waals surface area (Å²) in [5, 5.41) is 2.86. The molecule has 0 aliphatic heterocycles. The fourth-order valence-corrected chi connectivity index (χ4v) is 0.794. The zero-order valence-corrected chi connectivity index (χ0v) is 6.88. The first-order valence-electron chi connectivity index (χ1n) is 3.69. The molecule has 66 valence electrons. The van der Waals surface area contributed by atoms with Gasteiger partial charge in [0.05, 0.1) is 0 Å². The summed E-state index contributed by atoms with van der Waals surface area (Å²) in [6, 6.07) is 3.41. The number of aromatic nitrogens is 1. The molecule has 0 unspecified atom stereocenters. The second-order valence-corrected chi connectivity index (χ2v) is 2.16. The van der Waals surface area contributed by atoms with Gasteiger partial charge in [-0.25, -0.2) is 9.37 Å². The van der Waals surface area contributed by atoms with E-state index in [-0.39, 0.29) is 6.61 Å². The summed E-state index contributed by atoms with van der Waals surface area (Å²) in [6.45, 7) is -0.385. The molecule has 0 aliphatic rings. The van der Waals surface area contributed by atoms with E-state index in [2.05, 4.69) is 10.3 Å². The van der Waals surface area contributed by atoms with Gasteiger partial charge in [-0.3, -0.25) is 0 Å². The van der Waals surface area contributed by atoms with Gasteiger partial charge in [-0.15, -0.1) is 0 Å². The topological polar surface area (TPSA) is 34.1 Å². The van der Waals surface area contributed by atoms with E-state index in [0.717, 1.165) is 0 Å². The van der Waals surface area contributed by atoms with Crippen LogP contribution >= 0.6 is 0 Å². The van der Waals surface area contributed by atoms with Crippen molar-refractivity contribution < 1.29 is 9.13 Å². The normalized spacial score (nSPS) is 9.50. The van der Waals surface area contributed by atoms with Gasteiger partial charge in [0.25, 0.3) is 0 Å². The molecule has 4 heteroatoms. The molecule has 0 atom stereocenters. The fourth-order valence-electron chi connectivity index (χ4n) is 0.794. The number of halogens is 1. The number of hydrogen-bond donors (Lipinski definition) is 1. The Balaban J connectivity index is 2.60. The van der Waals surface area contributed by atoms with E-state index >= 15 is 0 Å². The van der Waals surface area contributed by atoms with Gasteiger partial charge in [-0.05, 0) is 6.07 Å². The van der Waals surface area contributed by atoms with Crippen LogP contribution in [-0.4, -0.2) is 25.3 Å². The summed E-state index contributed by atoms with van der Waals surface area (Å²) in [7, 11) is 1.77.